The van der Waals surface area contributed by atoms with Gasteiger partial charge in [0, 0.05) is 16.6 Å². The number of anilines is 2. The fraction of sp³-hybridized carbons (Fsp3) is 0.120. The van der Waals surface area contributed by atoms with Crippen molar-refractivity contribution in [2.75, 3.05) is 12.4 Å². The molecule has 0 fully saturated rings. The molecule has 4 rings (SSSR count). The molecular formula is C25H22N2O3. The number of aryl methyl sites for hydroxylation is 1. The van der Waals surface area contributed by atoms with Gasteiger partial charge in [0.15, 0.2) is 0 Å². The standard InChI is InChI=1S/C25H22N2O3/c1-17-6-3-4-9-22(17)26-23-15-12-18-7-5-8-20(24(18)27-23)16-30-25(28)19-10-13-21(29-2)14-11-19/h3-15H,16H2,1-2H3,(H,26,27). The minimum absolute atomic E-state index is 0.142. The second-order valence-corrected chi connectivity index (χ2v) is 6.93. The van der Waals surface area contributed by atoms with Gasteiger partial charge < -0.3 is 14.8 Å². The molecule has 0 aliphatic heterocycles. The van der Waals surface area contributed by atoms with Crippen molar-refractivity contribution in [2.24, 2.45) is 0 Å². The summed E-state index contributed by atoms with van der Waals surface area (Å²) < 4.78 is 10.7. The van der Waals surface area contributed by atoms with Crippen LogP contribution in [0, 0.1) is 6.92 Å². The Balaban J connectivity index is 1.54. The van der Waals surface area contributed by atoms with E-state index in [1.807, 2.05) is 61.5 Å². The van der Waals surface area contributed by atoms with E-state index in [4.69, 9.17) is 14.5 Å². The molecule has 0 saturated carbocycles. The summed E-state index contributed by atoms with van der Waals surface area (Å²) in [6.45, 7) is 2.19. The zero-order chi connectivity index (χ0) is 20.9. The minimum Gasteiger partial charge on any atom is -0.497 e. The number of carbonyl (C=O) groups is 1. The molecule has 0 unspecified atom stereocenters. The van der Waals surface area contributed by atoms with E-state index in [0.29, 0.717) is 11.3 Å². The number of carbonyl (C=O) groups excluding carboxylic acids is 1. The van der Waals surface area contributed by atoms with Crippen molar-refractivity contribution >= 4 is 28.4 Å². The molecule has 5 heteroatoms. The van der Waals surface area contributed by atoms with E-state index in [1.165, 1.54) is 0 Å². The Morgan fingerprint density at radius 3 is 2.50 bits per heavy atom. The lowest BCUT2D eigenvalue weighted by atomic mass is 10.1. The van der Waals surface area contributed by atoms with Crippen LogP contribution in [0.2, 0.25) is 0 Å². The molecule has 1 N–H and O–H groups in total. The van der Waals surface area contributed by atoms with Crippen LogP contribution in [0.4, 0.5) is 11.5 Å². The van der Waals surface area contributed by atoms with E-state index in [0.717, 1.165) is 33.5 Å². The summed E-state index contributed by atoms with van der Waals surface area (Å²) in [7, 11) is 1.59. The van der Waals surface area contributed by atoms with Gasteiger partial charge in [-0.15, -0.1) is 0 Å². The van der Waals surface area contributed by atoms with Crippen LogP contribution in [0.15, 0.2) is 78.9 Å². The van der Waals surface area contributed by atoms with Crippen LogP contribution in [-0.4, -0.2) is 18.1 Å². The number of para-hydroxylation sites is 2. The molecule has 0 atom stereocenters. The number of esters is 1. The first-order chi connectivity index (χ1) is 14.6. The van der Waals surface area contributed by atoms with E-state index in [1.54, 1.807) is 31.4 Å². The van der Waals surface area contributed by atoms with Crippen molar-refractivity contribution in [1.29, 1.82) is 0 Å². The number of aromatic nitrogens is 1. The number of pyridine rings is 1. The summed E-state index contributed by atoms with van der Waals surface area (Å²) >= 11 is 0. The number of methoxy groups -OCH3 is 1. The van der Waals surface area contributed by atoms with Crippen molar-refractivity contribution in [1.82, 2.24) is 4.98 Å². The number of rotatable bonds is 6. The zero-order valence-corrected chi connectivity index (χ0v) is 16.9. The number of fused-ring (bicyclic) bond motifs is 1. The monoisotopic (exact) mass is 398 g/mol. The van der Waals surface area contributed by atoms with E-state index in [9.17, 15) is 4.79 Å². The summed E-state index contributed by atoms with van der Waals surface area (Å²) in [5.74, 6) is 1.05. The predicted molar refractivity (Wildman–Crippen MR) is 118 cm³/mol. The van der Waals surface area contributed by atoms with Gasteiger partial charge in [-0.05, 0) is 55.0 Å². The molecule has 0 saturated heterocycles. The lowest BCUT2D eigenvalue weighted by molar-refractivity contribution is 0.0474. The first kappa shape index (κ1) is 19.5. The second-order valence-electron chi connectivity index (χ2n) is 6.93. The highest BCUT2D eigenvalue weighted by atomic mass is 16.5. The van der Waals surface area contributed by atoms with E-state index >= 15 is 0 Å². The second kappa shape index (κ2) is 8.66. The SMILES string of the molecule is COc1ccc(C(=O)OCc2cccc3ccc(Nc4ccccc4C)nc23)cc1. The number of nitrogens with one attached hydrogen (secondary N) is 1. The molecule has 0 aliphatic carbocycles. The molecule has 0 spiro atoms. The minimum atomic E-state index is -0.385. The lowest BCUT2D eigenvalue weighted by Gasteiger charge is -2.11. The van der Waals surface area contributed by atoms with Gasteiger partial charge in [-0.3, -0.25) is 0 Å². The van der Waals surface area contributed by atoms with E-state index in [-0.39, 0.29) is 12.6 Å². The fourth-order valence-corrected chi connectivity index (χ4v) is 3.20. The molecule has 1 aromatic heterocycles. The van der Waals surface area contributed by atoms with Crippen molar-refractivity contribution < 1.29 is 14.3 Å². The Labute approximate surface area is 175 Å². The van der Waals surface area contributed by atoms with Gasteiger partial charge in [-0.2, -0.15) is 0 Å². The van der Waals surface area contributed by atoms with Crippen LogP contribution in [0.5, 0.6) is 5.75 Å². The number of nitrogens with zero attached hydrogens (tertiary/aromatic N) is 1. The molecule has 0 aliphatic rings. The summed E-state index contributed by atoms with van der Waals surface area (Å²) in [5.41, 5.74) is 4.28. The summed E-state index contributed by atoms with van der Waals surface area (Å²) in [6.07, 6.45) is 0. The van der Waals surface area contributed by atoms with Crippen LogP contribution < -0.4 is 10.1 Å². The molecule has 30 heavy (non-hydrogen) atoms. The molecule has 150 valence electrons. The third-order valence-electron chi connectivity index (χ3n) is 4.90. The molecule has 4 aromatic rings. The predicted octanol–water partition coefficient (Wildman–Crippen LogP) is 5.65. The maximum absolute atomic E-state index is 12.4. The van der Waals surface area contributed by atoms with E-state index in [2.05, 4.69) is 5.32 Å². The zero-order valence-electron chi connectivity index (χ0n) is 16.9. The maximum atomic E-state index is 12.4. The van der Waals surface area contributed by atoms with Gasteiger partial charge in [-0.1, -0.05) is 36.4 Å². The lowest BCUT2D eigenvalue weighted by Crippen LogP contribution is -2.06. The van der Waals surface area contributed by atoms with Gasteiger partial charge >= 0.3 is 5.97 Å². The van der Waals surface area contributed by atoms with Crippen LogP contribution in [-0.2, 0) is 11.3 Å². The third kappa shape index (κ3) is 4.25. The largest absolute Gasteiger partial charge is 0.497 e. The number of hydrogen-bond acceptors (Lipinski definition) is 5. The Morgan fingerprint density at radius 2 is 1.73 bits per heavy atom. The topological polar surface area (TPSA) is 60.5 Å². The average Bonchev–Trinajstić information content (AvgIpc) is 2.79. The highest BCUT2D eigenvalue weighted by Crippen LogP contribution is 2.24. The van der Waals surface area contributed by atoms with Crippen LogP contribution in [0.1, 0.15) is 21.5 Å². The van der Waals surface area contributed by atoms with Crippen LogP contribution in [0.25, 0.3) is 10.9 Å². The molecule has 1 heterocycles. The highest BCUT2D eigenvalue weighted by molar-refractivity contribution is 5.90. The first-order valence-corrected chi connectivity index (χ1v) is 9.66. The first-order valence-electron chi connectivity index (χ1n) is 9.66. The molecule has 0 bridgehead atoms. The van der Waals surface area contributed by atoms with Gasteiger partial charge in [0.1, 0.15) is 18.2 Å². The van der Waals surface area contributed by atoms with Crippen molar-refractivity contribution in [2.45, 2.75) is 13.5 Å². The number of benzene rings is 3. The molecule has 5 nitrogen and oxygen atoms in total. The van der Waals surface area contributed by atoms with Crippen molar-refractivity contribution in [3.8, 4) is 5.75 Å². The van der Waals surface area contributed by atoms with Gasteiger partial charge in [0.2, 0.25) is 0 Å². The normalized spacial score (nSPS) is 10.6. The quantitative estimate of drug-likeness (QED) is 0.425. The Kier molecular flexibility index (Phi) is 5.61. The summed E-state index contributed by atoms with van der Waals surface area (Å²) in [6, 6.07) is 24.7. The van der Waals surface area contributed by atoms with Crippen LogP contribution >= 0.6 is 0 Å². The molecule has 0 amide bonds. The van der Waals surface area contributed by atoms with Crippen molar-refractivity contribution in [3.63, 3.8) is 0 Å². The van der Waals surface area contributed by atoms with Gasteiger partial charge in [0.05, 0.1) is 18.2 Å². The smallest absolute Gasteiger partial charge is 0.338 e. The molecule has 3 aromatic carbocycles. The Bertz CT molecular complexity index is 1190. The fourth-order valence-electron chi connectivity index (χ4n) is 3.20. The van der Waals surface area contributed by atoms with Crippen LogP contribution in [0.3, 0.4) is 0 Å². The van der Waals surface area contributed by atoms with Gasteiger partial charge in [0.25, 0.3) is 0 Å². The van der Waals surface area contributed by atoms with Crippen molar-refractivity contribution in [3.05, 3.63) is 95.6 Å². The number of hydrogen-bond donors (Lipinski definition) is 1. The summed E-state index contributed by atoms with van der Waals surface area (Å²) in [5, 5.41) is 4.35. The average molecular weight is 398 g/mol. The molecular weight excluding hydrogens is 376 g/mol. The van der Waals surface area contributed by atoms with E-state index < -0.39 is 0 Å². The molecule has 0 radical (unpaired) electrons. The maximum Gasteiger partial charge on any atom is 0.338 e. The number of ether oxygens (including phenoxy) is 2. The third-order valence-corrected chi connectivity index (χ3v) is 4.90. The summed E-state index contributed by atoms with van der Waals surface area (Å²) in [4.78, 5) is 17.2. The Hall–Kier alpha value is -3.86. The van der Waals surface area contributed by atoms with Gasteiger partial charge in [-0.25, -0.2) is 9.78 Å². The highest BCUT2D eigenvalue weighted by Gasteiger charge is 2.10. The Morgan fingerprint density at radius 1 is 0.933 bits per heavy atom.